The van der Waals surface area contributed by atoms with E-state index in [1.807, 2.05) is 21.7 Å². The van der Waals surface area contributed by atoms with Gasteiger partial charge in [0.05, 0.1) is 11.1 Å². The Morgan fingerprint density at radius 1 is 1.12 bits per heavy atom. The highest BCUT2D eigenvalue weighted by Gasteiger charge is 2.21. The number of pyridine rings is 2. The molecule has 1 aliphatic rings. The molecule has 32 heavy (non-hydrogen) atoms. The maximum absolute atomic E-state index is 14.5. The number of aromatic amines is 1. The molecule has 4 heterocycles. The fourth-order valence-electron chi connectivity index (χ4n) is 4.22. The van der Waals surface area contributed by atoms with E-state index < -0.39 is 11.9 Å². The Labute approximate surface area is 187 Å². The molecule has 0 aliphatic carbocycles. The molecular weight excluding hydrogens is 429 g/mol. The number of nitrogens with one attached hydrogen (secondary N) is 2. The molecule has 0 saturated carbocycles. The SMILES string of the molecule is CNC(=O)c1ccc(N2CCN(Cc3ccc4c(c3)[nH]c(=O)c3cscc34)CC2)c(F)n1. The smallest absolute Gasteiger partial charge is 0.269 e. The van der Waals surface area contributed by atoms with Gasteiger partial charge in [0.15, 0.2) is 0 Å². The van der Waals surface area contributed by atoms with Gasteiger partial charge in [-0.2, -0.15) is 15.7 Å². The van der Waals surface area contributed by atoms with Crippen LogP contribution in [0, 0.1) is 5.95 Å². The number of amides is 1. The van der Waals surface area contributed by atoms with Crippen LogP contribution in [-0.4, -0.2) is 54.0 Å². The first kappa shape index (κ1) is 20.6. The van der Waals surface area contributed by atoms with Crippen molar-refractivity contribution >= 4 is 44.6 Å². The Morgan fingerprint density at radius 3 is 2.66 bits per heavy atom. The molecule has 1 saturated heterocycles. The van der Waals surface area contributed by atoms with E-state index >= 15 is 0 Å². The zero-order valence-electron chi connectivity index (χ0n) is 17.5. The third-order valence-electron chi connectivity index (χ3n) is 5.94. The first-order chi connectivity index (χ1) is 15.5. The molecule has 5 rings (SSSR count). The molecule has 7 nitrogen and oxygen atoms in total. The fraction of sp³-hybridized carbons (Fsp3) is 0.261. The van der Waals surface area contributed by atoms with Crippen molar-refractivity contribution in [1.82, 2.24) is 20.2 Å². The molecule has 164 valence electrons. The number of thiophene rings is 1. The number of rotatable bonds is 4. The van der Waals surface area contributed by atoms with Gasteiger partial charge in [0.25, 0.3) is 11.5 Å². The third kappa shape index (κ3) is 3.74. The van der Waals surface area contributed by atoms with Crippen molar-refractivity contribution < 1.29 is 9.18 Å². The zero-order valence-corrected chi connectivity index (χ0v) is 18.3. The van der Waals surface area contributed by atoms with Gasteiger partial charge >= 0.3 is 0 Å². The summed E-state index contributed by atoms with van der Waals surface area (Å²) in [5.74, 6) is -1.03. The quantitative estimate of drug-likeness (QED) is 0.467. The van der Waals surface area contributed by atoms with Crippen LogP contribution in [-0.2, 0) is 6.54 Å². The zero-order chi connectivity index (χ0) is 22.2. The minimum atomic E-state index is -0.627. The highest BCUT2D eigenvalue weighted by molar-refractivity contribution is 7.09. The Morgan fingerprint density at radius 2 is 1.91 bits per heavy atom. The van der Waals surface area contributed by atoms with Crippen LogP contribution in [0.4, 0.5) is 10.1 Å². The lowest BCUT2D eigenvalue weighted by Crippen LogP contribution is -2.46. The first-order valence-corrected chi connectivity index (χ1v) is 11.3. The van der Waals surface area contributed by atoms with Crippen LogP contribution in [0.25, 0.3) is 21.7 Å². The third-order valence-corrected chi connectivity index (χ3v) is 6.68. The molecule has 1 aromatic carbocycles. The summed E-state index contributed by atoms with van der Waals surface area (Å²) in [4.78, 5) is 35.0. The summed E-state index contributed by atoms with van der Waals surface area (Å²) < 4.78 is 14.5. The van der Waals surface area contributed by atoms with Gasteiger partial charge in [-0.1, -0.05) is 12.1 Å². The molecule has 4 aromatic rings. The van der Waals surface area contributed by atoms with Crippen LogP contribution < -0.4 is 15.8 Å². The van der Waals surface area contributed by atoms with Crippen LogP contribution in [0.15, 0.2) is 45.9 Å². The molecule has 1 amide bonds. The average Bonchev–Trinajstić information content (AvgIpc) is 3.30. The lowest BCUT2D eigenvalue weighted by Gasteiger charge is -2.36. The molecule has 0 atom stereocenters. The predicted octanol–water partition coefficient (Wildman–Crippen LogP) is 2.96. The van der Waals surface area contributed by atoms with E-state index in [0.29, 0.717) is 18.8 Å². The number of H-pyrrole nitrogens is 1. The Balaban J connectivity index is 1.28. The Kier molecular flexibility index (Phi) is 5.36. The number of halogens is 1. The number of carbonyl (C=O) groups excluding carboxylic acids is 1. The standard InChI is InChI=1S/C23H22FN5O2S/c1-25-23(31)18-4-5-20(21(24)26-18)29-8-6-28(7-9-29)11-14-2-3-15-16-12-32-13-17(16)22(30)27-19(15)10-14/h2-5,10,12-13H,6-9,11H2,1H3,(H,25,31)(H,27,30). The summed E-state index contributed by atoms with van der Waals surface area (Å²) >= 11 is 1.53. The van der Waals surface area contributed by atoms with Crippen molar-refractivity contribution in [3.63, 3.8) is 0 Å². The molecular formula is C23H22FN5O2S. The maximum atomic E-state index is 14.5. The number of carbonyl (C=O) groups is 1. The van der Waals surface area contributed by atoms with Gasteiger partial charge in [0.2, 0.25) is 5.95 Å². The molecule has 1 aliphatic heterocycles. The highest BCUT2D eigenvalue weighted by Crippen LogP contribution is 2.26. The topological polar surface area (TPSA) is 81.3 Å². The van der Waals surface area contributed by atoms with E-state index in [0.717, 1.165) is 46.9 Å². The largest absolute Gasteiger partial charge is 0.365 e. The van der Waals surface area contributed by atoms with Crippen molar-refractivity contribution in [3.05, 3.63) is 68.7 Å². The van der Waals surface area contributed by atoms with E-state index in [1.54, 1.807) is 12.1 Å². The van der Waals surface area contributed by atoms with Gasteiger partial charge in [-0.05, 0) is 29.1 Å². The average molecular weight is 452 g/mol. The van der Waals surface area contributed by atoms with Crippen molar-refractivity contribution in [2.45, 2.75) is 6.54 Å². The Hall–Kier alpha value is -3.30. The van der Waals surface area contributed by atoms with Gasteiger partial charge in [-0.3, -0.25) is 14.5 Å². The molecule has 1 fully saturated rings. The monoisotopic (exact) mass is 451 g/mol. The van der Waals surface area contributed by atoms with E-state index in [4.69, 9.17) is 0 Å². The molecule has 0 bridgehead atoms. The van der Waals surface area contributed by atoms with Gasteiger partial charge in [0.1, 0.15) is 5.69 Å². The van der Waals surface area contributed by atoms with Gasteiger partial charge in [0, 0.05) is 61.4 Å². The number of piperazine rings is 1. The normalized spacial score (nSPS) is 14.9. The van der Waals surface area contributed by atoms with Crippen molar-refractivity contribution in [1.29, 1.82) is 0 Å². The fourth-order valence-corrected chi connectivity index (χ4v) is 5.05. The number of nitrogens with zero attached hydrogens (tertiary/aromatic N) is 3. The van der Waals surface area contributed by atoms with Gasteiger partial charge in [-0.25, -0.2) is 4.98 Å². The summed E-state index contributed by atoms with van der Waals surface area (Å²) in [5.41, 5.74) is 2.40. The van der Waals surface area contributed by atoms with Crippen LogP contribution >= 0.6 is 11.3 Å². The summed E-state index contributed by atoms with van der Waals surface area (Å²) in [7, 11) is 1.49. The summed E-state index contributed by atoms with van der Waals surface area (Å²) in [6.45, 7) is 3.63. The number of hydrogen-bond donors (Lipinski definition) is 2. The van der Waals surface area contributed by atoms with E-state index in [9.17, 15) is 14.0 Å². The number of benzene rings is 1. The first-order valence-electron chi connectivity index (χ1n) is 10.4. The predicted molar refractivity (Wildman–Crippen MR) is 125 cm³/mol. The second-order valence-corrected chi connectivity index (χ2v) is 8.63. The second kappa shape index (κ2) is 8.33. The van der Waals surface area contributed by atoms with E-state index in [1.165, 1.54) is 18.4 Å². The summed E-state index contributed by atoms with van der Waals surface area (Å²) in [6.07, 6.45) is 0. The number of fused-ring (bicyclic) bond motifs is 3. The second-order valence-electron chi connectivity index (χ2n) is 7.88. The number of anilines is 1. The molecule has 3 aromatic heterocycles. The molecule has 9 heteroatoms. The minimum absolute atomic E-state index is 0.0578. The summed E-state index contributed by atoms with van der Waals surface area (Å²) in [5, 5.41) is 9.12. The van der Waals surface area contributed by atoms with Crippen molar-refractivity contribution in [2.24, 2.45) is 0 Å². The number of aromatic nitrogens is 2. The maximum Gasteiger partial charge on any atom is 0.269 e. The van der Waals surface area contributed by atoms with Crippen molar-refractivity contribution in [3.8, 4) is 0 Å². The van der Waals surface area contributed by atoms with Crippen LogP contribution in [0.5, 0.6) is 0 Å². The van der Waals surface area contributed by atoms with Crippen LogP contribution in [0.2, 0.25) is 0 Å². The van der Waals surface area contributed by atoms with Gasteiger partial charge in [-0.15, -0.1) is 0 Å². The van der Waals surface area contributed by atoms with Crippen LogP contribution in [0.3, 0.4) is 0 Å². The molecule has 0 unspecified atom stereocenters. The Bertz CT molecular complexity index is 1370. The summed E-state index contributed by atoms with van der Waals surface area (Å²) in [6, 6.07) is 9.38. The van der Waals surface area contributed by atoms with E-state index in [2.05, 4.69) is 32.3 Å². The molecule has 2 N–H and O–H groups in total. The highest BCUT2D eigenvalue weighted by atomic mass is 32.1. The lowest BCUT2D eigenvalue weighted by atomic mass is 10.1. The van der Waals surface area contributed by atoms with Gasteiger partial charge < -0.3 is 15.2 Å². The molecule has 0 radical (unpaired) electrons. The van der Waals surface area contributed by atoms with E-state index in [-0.39, 0.29) is 11.3 Å². The van der Waals surface area contributed by atoms with Crippen LogP contribution in [0.1, 0.15) is 16.1 Å². The lowest BCUT2D eigenvalue weighted by molar-refractivity contribution is 0.0957. The molecule has 0 spiro atoms. The van der Waals surface area contributed by atoms with Crippen molar-refractivity contribution in [2.75, 3.05) is 38.1 Å². The minimum Gasteiger partial charge on any atom is -0.365 e. The number of hydrogen-bond acceptors (Lipinski definition) is 6.